The summed E-state index contributed by atoms with van der Waals surface area (Å²) in [6.07, 6.45) is 1.11. The summed E-state index contributed by atoms with van der Waals surface area (Å²) in [4.78, 5) is 38.5. The van der Waals surface area contributed by atoms with Crippen molar-refractivity contribution in [3.05, 3.63) is 64.4 Å². The number of nitrogens with one attached hydrogen (secondary N) is 2. The first kappa shape index (κ1) is 17.5. The van der Waals surface area contributed by atoms with Crippen molar-refractivity contribution in [2.45, 2.75) is 18.4 Å². The summed E-state index contributed by atoms with van der Waals surface area (Å²) in [7, 11) is 0. The van der Waals surface area contributed by atoms with Crippen molar-refractivity contribution in [3.8, 4) is 0 Å². The van der Waals surface area contributed by atoms with Crippen molar-refractivity contribution in [1.82, 2.24) is 10.2 Å². The number of imide groups is 1. The maximum Gasteiger partial charge on any atom is 0.325 e. The molecule has 4 amide bonds. The molecule has 1 atom stereocenters. The molecule has 1 spiro atoms. The summed E-state index contributed by atoms with van der Waals surface area (Å²) >= 11 is 5.80. The standard InChI is InChI=1S/C19H15ClFN3O3/c20-12-5-6-14(21)15(9-12)22-16(25)10-24-17(26)19(23-18(24)27)8-7-11-3-1-2-4-13(11)19/h1-6,9H,7-8,10H2,(H,22,25)(H,23,27)/t19-/m1/s1. The van der Waals surface area contributed by atoms with Gasteiger partial charge in [0.2, 0.25) is 5.91 Å². The van der Waals surface area contributed by atoms with Crippen LogP contribution in [0.15, 0.2) is 42.5 Å². The van der Waals surface area contributed by atoms with Gasteiger partial charge in [0.25, 0.3) is 5.91 Å². The lowest BCUT2D eigenvalue weighted by molar-refractivity contribution is -0.134. The number of anilines is 1. The number of hydrogen-bond acceptors (Lipinski definition) is 3. The smallest absolute Gasteiger partial charge is 0.322 e. The Labute approximate surface area is 159 Å². The predicted molar refractivity (Wildman–Crippen MR) is 96.7 cm³/mol. The molecule has 0 radical (unpaired) electrons. The molecule has 138 valence electrons. The van der Waals surface area contributed by atoms with E-state index in [0.717, 1.165) is 22.1 Å². The maximum absolute atomic E-state index is 13.8. The van der Waals surface area contributed by atoms with Gasteiger partial charge in [0, 0.05) is 5.02 Å². The number of urea groups is 1. The van der Waals surface area contributed by atoms with Gasteiger partial charge < -0.3 is 10.6 Å². The van der Waals surface area contributed by atoms with Crippen LogP contribution in [0.1, 0.15) is 17.5 Å². The van der Waals surface area contributed by atoms with Crippen molar-refractivity contribution >= 4 is 35.1 Å². The SMILES string of the molecule is O=C(CN1C(=O)N[C@@]2(CCc3ccccc32)C1=O)Nc1cc(Cl)ccc1F. The highest BCUT2D eigenvalue weighted by Crippen LogP contribution is 2.41. The second-order valence-electron chi connectivity index (χ2n) is 6.56. The summed E-state index contributed by atoms with van der Waals surface area (Å²) in [5.74, 6) is -1.83. The fraction of sp³-hybridized carbons (Fsp3) is 0.211. The van der Waals surface area contributed by atoms with Crippen LogP contribution in [-0.2, 0) is 21.5 Å². The van der Waals surface area contributed by atoms with E-state index in [1.165, 1.54) is 12.1 Å². The van der Waals surface area contributed by atoms with Crippen LogP contribution in [0.4, 0.5) is 14.9 Å². The Bertz CT molecular complexity index is 980. The van der Waals surface area contributed by atoms with Crippen molar-refractivity contribution in [1.29, 1.82) is 0 Å². The predicted octanol–water partition coefficient (Wildman–Crippen LogP) is 2.81. The first-order valence-electron chi connectivity index (χ1n) is 8.38. The molecule has 0 bridgehead atoms. The topological polar surface area (TPSA) is 78.5 Å². The second kappa shape index (κ2) is 6.35. The number of carbonyl (C=O) groups excluding carboxylic acids is 3. The average molecular weight is 388 g/mol. The quantitative estimate of drug-likeness (QED) is 0.795. The summed E-state index contributed by atoms with van der Waals surface area (Å²) in [5, 5.41) is 5.34. The summed E-state index contributed by atoms with van der Waals surface area (Å²) in [5.41, 5.74) is 0.515. The van der Waals surface area contributed by atoms with Crippen LogP contribution >= 0.6 is 11.6 Å². The van der Waals surface area contributed by atoms with Gasteiger partial charge in [-0.25, -0.2) is 9.18 Å². The fourth-order valence-electron chi connectivity index (χ4n) is 3.66. The molecular formula is C19H15ClFN3O3. The number of carbonyl (C=O) groups is 3. The minimum Gasteiger partial charge on any atom is -0.322 e. The van der Waals surface area contributed by atoms with Gasteiger partial charge in [-0.2, -0.15) is 0 Å². The van der Waals surface area contributed by atoms with Gasteiger partial charge in [-0.3, -0.25) is 14.5 Å². The molecule has 2 aromatic rings. The molecule has 27 heavy (non-hydrogen) atoms. The third-order valence-corrected chi connectivity index (χ3v) is 5.16. The fourth-order valence-corrected chi connectivity index (χ4v) is 3.83. The summed E-state index contributed by atoms with van der Waals surface area (Å²) in [6, 6.07) is 10.5. The number of hydrogen-bond donors (Lipinski definition) is 2. The van der Waals surface area contributed by atoms with Gasteiger partial charge in [0.1, 0.15) is 17.9 Å². The van der Waals surface area contributed by atoms with Crippen molar-refractivity contribution < 1.29 is 18.8 Å². The average Bonchev–Trinajstić information content (AvgIpc) is 3.12. The molecular weight excluding hydrogens is 373 g/mol. The van der Waals surface area contributed by atoms with E-state index in [1.807, 2.05) is 24.3 Å². The van der Waals surface area contributed by atoms with Crippen LogP contribution in [0.25, 0.3) is 0 Å². The molecule has 1 aliphatic carbocycles. The van der Waals surface area contributed by atoms with E-state index in [4.69, 9.17) is 11.6 Å². The first-order chi connectivity index (χ1) is 12.9. The van der Waals surface area contributed by atoms with Crippen molar-refractivity contribution in [3.63, 3.8) is 0 Å². The lowest BCUT2D eigenvalue weighted by atomic mass is 9.92. The van der Waals surface area contributed by atoms with Gasteiger partial charge in [-0.1, -0.05) is 35.9 Å². The minimum atomic E-state index is -1.13. The summed E-state index contributed by atoms with van der Waals surface area (Å²) < 4.78 is 13.8. The Kier molecular flexibility index (Phi) is 4.11. The van der Waals surface area contributed by atoms with E-state index in [2.05, 4.69) is 10.6 Å². The number of halogens is 2. The second-order valence-corrected chi connectivity index (χ2v) is 6.99. The number of amides is 4. The van der Waals surface area contributed by atoms with Crippen LogP contribution in [0, 0.1) is 5.82 Å². The van der Waals surface area contributed by atoms with Crippen LogP contribution in [0.3, 0.4) is 0 Å². The Morgan fingerprint density at radius 3 is 2.85 bits per heavy atom. The zero-order valence-electron chi connectivity index (χ0n) is 14.1. The van der Waals surface area contributed by atoms with Gasteiger partial charge in [-0.05, 0) is 42.2 Å². The molecule has 4 rings (SSSR count). The van der Waals surface area contributed by atoms with Gasteiger partial charge in [0.05, 0.1) is 5.69 Å². The van der Waals surface area contributed by atoms with Gasteiger partial charge in [-0.15, -0.1) is 0 Å². The lowest BCUT2D eigenvalue weighted by Gasteiger charge is -2.22. The van der Waals surface area contributed by atoms with Crippen LogP contribution in [0.2, 0.25) is 5.02 Å². The molecule has 2 aliphatic rings. The molecule has 2 N–H and O–H groups in total. The maximum atomic E-state index is 13.8. The van der Waals surface area contributed by atoms with Crippen LogP contribution in [0.5, 0.6) is 0 Å². The van der Waals surface area contributed by atoms with Gasteiger partial charge >= 0.3 is 6.03 Å². The molecule has 1 saturated heterocycles. The highest BCUT2D eigenvalue weighted by Gasteiger charge is 2.55. The Balaban J connectivity index is 1.54. The van der Waals surface area contributed by atoms with Crippen LogP contribution < -0.4 is 10.6 Å². The number of rotatable bonds is 3. The number of nitrogens with zero attached hydrogens (tertiary/aromatic N) is 1. The molecule has 0 aromatic heterocycles. The third-order valence-electron chi connectivity index (χ3n) is 4.93. The normalized spacial score (nSPS) is 20.7. The van der Waals surface area contributed by atoms with Crippen LogP contribution in [-0.4, -0.2) is 29.3 Å². The molecule has 6 nitrogen and oxygen atoms in total. The summed E-state index contributed by atoms with van der Waals surface area (Å²) in [6.45, 7) is -0.513. The minimum absolute atomic E-state index is 0.111. The molecule has 1 aliphatic heterocycles. The Hall–Kier alpha value is -2.93. The molecule has 2 aromatic carbocycles. The van der Waals surface area contributed by atoms with E-state index in [1.54, 1.807) is 0 Å². The monoisotopic (exact) mass is 387 g/mol. The number of aryl methyl sites for hydroxylation is 1. The van der Waals surface area contributed by atoms with Gasteiger partial charge in [0.15, 0.2) is 0 Å². The molecule has 0 unspecified atom stereocenters. The Morgan fingerprint density at radius 2 is 2.04 bits per heavy atom. The lowest BCUT2D eigenvalue weighted by Crippen LogP contribution is -2.43. The first-order valence-corrected chi connectivity index (χ1v) is 8.76. The highest BCUT2D eigenvalue weighted by molar-refractivity contribution is 6.30. The largest absolute Gasteiger partial charge is 0.325 e. The van der Waals surface area contributed by atoms with Crippen molar-refractivity contribution in [2.24, 2.45) is 0 Å². The third kappa shape index (κ3) is 2.84. The highest BCUT2D eigenvalue weighted by atomic mass is 35.5. The number of benzene rings is 2. The number of fused-ring (bicyclic) bond motifs is 2. The van der Waals surface area contributed by atoms with Crippen molar-refractivity contribution in [2.75, 3.05) is 11.9 Å². The zero-order chi connectivity index (χ0) is 19.2. The zero-order valence-corrected chi connectivity index (χ0v) is 14.8. The molecule has 1 fully saturated rings. The molecule has 1 heterocycles. The van der Waals surface area contributed by atoms with E-state index in [0.29, 0.717) is 12.8 Å². The van der Waals surface area contributed by atoms with E-state index >= 15 is 0 Å². The van der Waals surface area contributed by atoms with E-state index in [9.17, 15) is 18.8 Å². The molecule has 8 heteroatoms. The Morgan fingerprint density at radius 1 is 1.26 bits per heavy atom. The van der Waals surface area contributed by atoms with E-state index in [-0.39, 0.29) is 10.7 Å². The molecule has 0 saturated carbocycles. The van der Waals surface area contributed by atoms with E-state index < -0.39 is 35.7 Å².